The Labute approximate surface area is 210 Å². The number of allylic oxidation sites excluding steroid dienone is 1. The lowest BCUT2D eigenvalue weighted by atomic mass is 9.87. The van der Waals surface area contributed by atoms with Gasteiger partial charge in [0.2, 0.25) is 11.8 Å². The van der Waals surface area contributed by atoms with E-state index >= 15 is 0 Å². The minimum Gasteiger partial charge on any atom is -0.378 e. The van der Waals surface area contributed by atoms with E-state index in [9.17, 15) is 23.2 Å². The number of alkyl halides is 2. The molecule has 2 N–H and O–H groups in total. The Hall–Kier alpha value is -3.56. The summed E-state index contributed by atoms with van der Waals surface area (Å²) < 4.78 is 26.9. The van der Waals surface area contributed by atoms with Gasteiger partial charge in [0, 0.05) is 50.8 Å². The summed E-state index contributed by atoms with van der Waals surface area (Å²) in [5.74, 6) is -4.50. The zero-order chi connectivity index (χ0) is 26.8. The Balaban J connectivity index is 2.08. The van der Waals surface area contributed by atoms with Gasteiger partial charge in [0.05, 0.1) is 0 Å². The highest BCUT2D eigenvalue weighted by molar-refractivity contribution is 6.12. The van der Waals surface area contributed by atoms with Gasteiger partial charge in [0.25, 0.3) is 11.8 Å². The SMILES string of the molecule is C=CC(=N)N1C(=O)CCC1C(=O)N(c1cccc(N(C)C)c1)C(C(=O)NC1CC(F)(F)C1)C(C)=CC. The van der Waals surface area contributed by atoms with Gasteiger partial charge in [-0.1, -0.05) is 18.7 Å². The maximum Gasteiger partial charge on any atom is 0.252 e. The van der Waals surface area contributed by atoms with Gasteiger partial charge in [0.1, 0.15) is 17.9 Å². The van der Waals surface area contributed by atoms with Crippen LogP contribution in [0, 0.1) is 5.41 Å². The van der Waals surface area contributed by atoms with Gasteiger partial charge < -0.3 is 10.2 Å². The third-order valence-electron chi connectivity index (χ3n) is 6.64. The summed E-state index contributed by atoms with van der Waals surface area (Å²) in [6.45, 7) is 6.97. The molecule has 3 amide bonds. The molecule has 0 bridgehead atoms. The second-order valence-electron chi connectivity index (χ2n) is 9.44. The number of anilines is 2. The van der Waals surface area contributed by atoms with E-state index in [4.69, 9.17) is 5.41 Å². The van der Waals surface area contributed by atoms with Gasteiger partial charge >= 0.3 is 0 Å². The summed E-state index contributed by atoms with van der Waals surface area (Å²) in [6.07, 6.45) is 2.24. The van der Waals surface area contributed by atoms with Crippen molar-refractivity contribution in [1.29, 1.82) is 5.41 Å². The van der Waals surface area contributed by atoms with E-state index in [0.717, 1.165) is 10.6 Å². The van der Waals surface area contributed by atoms with E-state index in [0.29, 0.717) is 11.3 Å². The first-order chi connectivity index (χ1) is 16.9. The number of benzene rings is 1. The molecule has 1 aliphatic carbocycles. The Morgan fingerprint density at radius 3 is 2.47 bits per heavy atom. The van der Waals surface area contributed by atoms with Crippen LogP contribution >= 0.6 is 0 Å². The number of likely N-dealkylation sites (tertiary alicyclic amines) is 1. The number of hydrogen-bond donors (Lipinski definition) is 2. The molecule has 1 heterocycles. The molecule has 1 saturated carbocycles. The maximum absolute atomic E-state index is 14.1. The lowest BCUT2D eigenvalue weighted by Gasteiger charge is -2.39. The zero-order valence-corrected chi connectivity index (χ0v) is 21.1. The van der Waals surface area contributed by atoms with Crippen LogP contribution in [0.3, 0.4) is 0 Å². The molecule has 0 aromatic heterocycles. The van der Waals surface area contributed by atoms with Gasteiger partial charge in [-0.15, -0.1) is 0 Å². The lowest BCUT2D eigenvalue weighted by molar-refractivity contribution is -0.133. The normalized spacial score (nSPS) is 20.4. The lowest BCUT2D eigenvalue weighted by Crippen LogP contribution is -2.59. The van der Waals surface area contributed by atoms with Crippen molar-refractivity contribution in [3.05, 3.63) is 48.6 Å². The molecule has 10 heteroatoms. The Kier molecular flexibility index (Phi) is 7.96. The first-order valence-corrected chi connectivity index (χ1v) is 11.8. The van der Waals surface area contributed by atoms with Crippen molar-refractivity contribution in [3.63, 3.8) is 0 Å². The molecule has 8 nitrogen and oxygen atoms in total. The van der Waals surface area contributed by atoms with Crippen molar-refractivity contribution < 1.29 is 23.2 Å². The van der Waals surface area contributed by atoms with Crippen LogP contribution in [0.1, 0.15) is 39.5 Å². The number of halogens is 2. The number of nitrogens with one attached hydrogen (secondary N) is 2. The molecule has 2 aliphatic rings. The minimum atomic E-state index is -2.81. The smallest absolute Gasteiger partial charge is 0.252 e. The first kappa shape index (κ1) is 27.0. The largest absolute Gasteiger partial charge is 0.378 e. The molecule has 1 aliphatic heterocycles. The first-order valence-electron chi connectivity index (χ1n) is 11.8. The Morgan fingerprint density at radius 2 is 1.92 bits per heavy atom. The number of hydrogen-bond acceptors (Lipinski definition) is 5. The highest BCUT2D eigenvalue weighted by Crippen LogP contribution is 2.38. The van der Waals surface area contributed by atoms with Crippen molar-refractivity contribution >= 4 is 34.9 Å². The maximum atomic E-state index is 14.1. The number of carbonyl (C=O) groups excluding carboxylic acids is 3. The summed E-state index contributed by atoms with van der Waals surface area (Å²) in [5, 5.41) is 10.8. The van der Waals surface area contributed by atoms with E-state index in [1.54, 1.807) is 38.1 Å². The molecule has 194 valence electrons. The minimum absolute atomic E-state index is 0.0782. The van der Waals surface area contributed by atoms with E-state index in [-0.39, 0.29) is 24.6 Å². The molecule has 3 rings (SSSR count). The third kappa shape index (κ3) is 5.47. The topological polar surface area (TPSA) is 96.8 Å². The standard InChI is InChI=1S/C26H33F2N5O3/c1-6-16(3)23(24(35)30-17-14-26(27,28)15-17)32(19-10-8-9-18(13-19)31(4)5)25(36)20-11-12-22(34)33(20)21(29)7-2/h6-10,13,17,20,23,29H,2,11-12,14-15H2,1,3-5H3,(H,30,35). The zero-order valence-electron chi connectivity index (χ0n) is 21.1. The van der Waals surface area contributed by atoms with Crippen LogP contribution in [-0.4, -0.2) is 66.6 Å². The van der Waals surface area contributed by atoms with Crippen molar-refractivity contribution in [2.24, 2.45) is 0 Å². The van der Waals surface area contributed by atoms with E-state index in [1.165, 1.54) is 11.0 Å². The van der Waals surface area contributed by atoms with Crippen LogP contribution in [0.15, 0.2) is 48.6 Å². The number of amidine groups is 1. The molecule has 1 aromatic rings. The van der Waals surface area contributed by atoms with E-state index in [2.05, 4.69) is 11.9 Å². The van der Waals surface area contributed by atoms with Crippen LogP contribution in [-0.2, 0) is 14.4 Å². The average Bonchev–Trinajstić information content (AvgIpc) is 3.21. The molecular formula is C26H33F2N5O3. The van der Waals surface area contributed by atoms with Crippen molar-refractivity contribution in [2.75, 3.05) is 23.9 Å². The number of rotatable bonds is 8. The van der Waals surface area contributed by atoms with Crippen LogP contribution in [0.25, 0.3) is 0 Å². The fourth-order valence-corrected chi connectivity index (χ4v) is 4.53. The quantitative estimate of drug-likeness (QED) is 0.324. The number of amides is 3. The summed E-state index contributed by atoms with van der Waals surface area (Å²) >= 11 is 0. The summed E-state index contributed by atoms with van der Waals surface area (Å²) in [6, 6.07) is 4.20. The fraction of sp³-hybridized carbons (Fsp3) is 0.462. The molecule has 2 fully saturated rings. The molecule has 1 saturated heterocycles. The van der Waals surface area contributed by atoms with Gasteiger partial charge in [-0.2, -0.15) is 0 Å². The van der Waals surface area contributed by atoms with Gasteiger partial charge in [0.15, 0.2) is 0 Å². The average molecular weight is 502 g/mol. The van der Waals surface area contributed by atoms with Gasteiger partial charge in [-0.05, 0) is 50.1 Å². The van der Waals surface area contributed by atoms with Crippen molar-refractivity contribution in [3.8, 4) is 0 Å². The molecule has 2 atom stereocenters. The predicted octanol–water partition coefficient (Wildman–Crippen LogP) is 3.49. The Morgan fingerprint density at radius 1 is 1.28 bits per heavy atom. The highest BCUT2D eigenvalue weighted by atomic mass is 19.3. The third-order valence-corrected chi connectivity index (χ3v) is 6.64. The fourth-order valence-electron chi connectivity index (χ4n) is 4.53. The predicted molar refractivity (Wildman–Crippen MR) is 135 cm³/mol. The molecule has 2 unspecified atom stereocenters. The van der Waals surface area contributed by atoms with Crippen molar-refractivity contribution in [2.45, 2.75) is 63.6 Å². The van der Waals surface area contributed by atoms with Crippen LogP contribution in [0.2, 0.25) is 0 Å². The summed E-state index contributed by atoms with van der Waals surface area (Å²) in [4.78, 5) is 44.4. The second kappa shape index (κ2) is 10.6. The molecule has 36 heavy (non-hydrogen) atoms. The summed E-state index contributed by atoms with van der Waals surface area (Å²) in [5.41, 5.74) is 1.73. The molecule has 0 radical (unpaired) electrons. The van der Waals surface area contributed by atoms with Crippen LogP contribution in [0.4, 0.5) is 20.2 Å². The number of nitrogens with zero attached hydrogens (tertiary/aromatic N) is 3. The monoisotopic (exact) mass is 501 g/mol. The Bertz CT molecular complexity index is 1090. The van der Waals surface area contributed by atoms with Crippen LogP contribution < -0.4 is 15.1 Å². The number of carbonyl (C=O) groups is 3. The van der Waals surface area contributed by atoms with E-state index in [1.807, 2.05) is 25.1 Å². The summed E-state index contributed by atoms with van der Waals surface area (Å²) in [7, 11) is 3.68. The van der Waals surface area contributed by atoms with Gasteiger partial charge in [-0.25, -0.2) is 8.78 Å². The highest BCUT2D eigenvalue weighted by Gasteiger charge is 2.48. The molecule has 1 aromatic carbocycles. The van der Waals surface area contributed by atoms with Crippen molar-refractivity contribution in [1.82, 2.24) is 10.2 Å². The van der Waals surface area contributed by atoms with E-state index < -0.39 is 48.7 Å². The van der Waals surface area contributed by atoms with Crippen LogP contribution in [0.5, 0.6) is 0 Å². The van der Waals surface area contributed by atoms with Gasteiger partial charge in [-0.3, -0.25) is 29.6 Å². The molecular weight excluding hydrogens is 468 g/mol. The second-order valence-corrected chi connectivity index (χ2v) is 9.44. The molecule has 0 spiro atoms.